The molecule has 0 saturated carbocycles. The summed E-state index contributed by atoms with van der Waals surface area (Å²) in [7, 11) is 1.44. The molecule has 1 aliphatic rings. The number of carbonyl (C=O) groups excluding carboxylic acids is 1. The first-order chi connectivity index (χ1) is 15.0. The van der Waals surface area contributed by atoms with E-state index in [0.717, 1.165) is 5.69 Å². The van der Waals surface area contributed by atoms with Crippen LogP contribution in [-0.2, 0) is 6.54 Å². The molecule has 0 spiro atoms. The number of para-hydroxylation sites is 1. The van der Waals surface area contributed by atoms with Crippen molar-refractivity contribution in [2.24, 2.45) is 0 Å². The van der Waals surface area contributed by atoms with Crippen LogP contribution in [0.2, 0.25) is 0 Å². The molecule has 2 N–H and O–H groups in total. The van der Waals surface area contributed by atoms with E-state index in [0.29, 0.717) is 23.1 Å². The molecule has 3 aromatic rings. The summed E-state index contributed by atoms with van der Waals surface area (Å²) in [5.41, 5.74) is 1.54. The number of hydrogen-bond donors (Lipinski definition) is 2. The number of carbonyl (C=O) groups is 1. The standard InChI is InChI=1S/C22H22FN5O3/c1-14(13-29)28-20-15(11-24-21(26-20)25-16-6-4-3-5-7-16)12-27(22(28)30)19-9-8-17(31-2)10-18(19)23/h3-11,14,29H,12-13H2,1-2H3,(H,24,25,26)/t14-/m0/s1. The lowest BCUT2D eigenvalue weighted by molar-refractivity contribution is 0.234. The second-order valence-electron chi connectivity index (χ2n) is 7.12. The fourth-order valence-corrected chi connectivity index (χ4v) is 3.39. The molecule has 2 amide bonds. The van der Waals surface area contributed by atoms with E-state index in [1.807, 2.05) is 30.3 Å². The number of hydrogen-bond acceptors (Lipinski definition) is 6. The number of aliphatic hydroxyl groups is 1. The molecule has 2 aromatic carbocycles. The number of methoxy groups -OCH3 is 1. The van der Waals surface area contributed by atoms with Gasteiger partial charge in [-0.15, -0.1) is 0 Å². The lowest BCUT2D eigenvalue weighted by Crippen LogP contribution is -2.53. The minimum absolute atomic E-state index is 0.0949. The SMILES string of the molecule is COc1ccc(N2Cc3cnc(Nc4ccccc4)nc3N([C@@H](C)CO)C2=O)c(F)c1. The molecule has 1 aromatic heterocycles. The number of nitrogens with zero attached hydrogens (tertiary/aromatic N) is 4. The van der Waals surface area contributed by atoms with E-state index >= 15 is 0 Å². The highest BCUT2D eigenvalue weighted by atomic mass is 19.1. The summed E-state index contributed by atoms with van der Waals surface area (Å²) in [6.07, 6.45) is 1.60. The van der Waals surface area contributed by atoms with E-state index < -0.39 is 17.9 Å². The van der Waals surface area contributed by atoms with Gasteiger partial charge in [0.25, 0.3) is 0 Å². The fraction of sp³-hybridized carbons (Fsp3) is 0.227. The smallest absolute Gasteiger partial charge is 0.330 e. The maximum Gasteiger partial charge on any atom is 0.330 e. The zero-order valence-electron chi connectivity index (χ0n) is 17.1. The molecule has 1 aliphatic heterocycles. The highest BCUT2D eigenvalue weighted by Crippen LogP contribution is 2.34. The zero-order valence-corrected chi connectivity index (χ0v) is 17.1. The third-order valence-corrected chi connectivity index (χ3v) is 5.02. The average molecular weight is 423 g/mol. The van der Waals surface area contributed by atoms with Gasteiger partial charge >= 0.3 is 6.03 Å². The Labute approximate surface area is 178 Å². The monoisotopic (exact) mass is 423 g/mol. The first kappa shape index (κ1) is 20.5. The fourth-order valence-electron chi connectivity index (χ4n) is 3.39. The second-order valence-corrected chi connectivity index (χ2v) is 7.12. The number of rotatable bonds is 6. The third kappa shape index (κ3) is 3.99. The molecule has 0 aliphatic carbocycles. The van der Waals surface area contributed by atoms with Crippen LogP contribution in [0.4, 0.5) is 32.3 Å². The predicted molar refractivity (Wildman–Crippen MR) is 115 cm³/mol. The number of benzene rings is 2. The first-order valence-corrected chi connectivity index (χ1v) is 9.75. The van der Waals surface area contributed by atoms with Crippen molar-refractivity contribution in [2.75, 3.05) is 28.8 Å². The van der Waals surface area contributed by atoms with Gasteiger partial charge in [0.05, 0.1) is 32.0 Å². The van der Waals surface area contributed by atoms with Crippen molar-refractivity contribution < 1.29 is 19.0 Å². The average Bonchev–Trinajstić information content (AvgIpc) is 2.79. The van der Waals surface area contributed by atoms with Crippen LogP contribution in [0, 0.1) is 5.82 Å². The van der Waals surface area contributed by atoms with Gasteiger partial charge in [0, 0.05) is 23.5 Å². The van der Waals surface area contributed by atoms with Gasteiger partial charge in [0.1, 0.15) is 11.6 Å². The molecule has 0 radical (unpaired) electrons. The van der Waals surface area contributed by atoms with Crippen molar-refractivity contribution in [1.29, 1.82) is 0 Å². The van der Waals surface area contributed by atoms with Crippen molar-refractivity contribution in [2.45, 2.75) is 19.5 Å². The Balaban J connectivity index is 1.73. The maximum absolute atomic E-state index is 14.7. The van der Waals surface area contributed by atoms with Crippen molar-refractivity contribution in [3.05, 3.63) is 66.1 Å². The van der Waals surface area contributed by atoms with Crippen LogP contribution in [0.3, 0.4) is 0 Å². The number of halogens is 1. The van der Waals surface area contributed by atoms with Gasteiger partial charge in [-0.25, -0.2) is 14.2 Å². The Morgan fingerprint density at radius 3 is 2.71 bits per heavy atom. The number of anilines is 4. The molecule has 2 heterocycles. The minimum atomic E-state index is -0.587. The van der Waals surface area contributed by atoms with Gasteiger partial charge in [-0.2, -0.15) is 4.98 Å². The van der Waals surface area contributed by atoms with Gasteiger partial charge in [-0.05, 0) is 31.2 Å². The Kier molecular flexibility index (Phi) is 5.68. The zero-order chi connectivity index (χ0) is 22.0. The molecule has 0 saturated heterocycles. The first-order valence-electron chi connectivity index (χ1n) is 9.75. The second kappa shape index (κ2) is 8.57. The summed E-state index contributed by atoms with van der Waals surface area (Å²) in [6, 6.07) is 12.6. The predicted octanol–water partition coefficient (Wildman–Crippen LogP) is 3.70. The van der Waals surface area contributed by atoms with E-state index in [1.54, 1.807) is 19.2 Å². The van der Waals surface area contributed by atoms with Gasteiger partial charge in [-0.1, -0.05) is 18.2 Å². The molecule has 0 bridgehead atoms. The largest absolute Gasteiger partial charge is 0.497 e. The molecule has 0 unspecified atom stereocenters. The Morgan fingerprint density at radius 1 is 1.26 bits per heavy atom. The lowest BCUT2D eigenvalue weighted by Gasteiger charge is -2.38. The maximum atomic E-state index is 14.7. The minimum Gasteiger partial charge on any atom is -0.497 e. The molecule has 8 nitrogen and oxygen atoms in total. The van der Waals surface area contributed by atoms with E-state index in [4.69, 9.17) is 4.74 Å². The molecule has 31 heavy (non-hydrogen) atoms. The summed E-state index contributed by atoms with van der Waals surface area (Å²) in [5.74, 6) is 0.463. The number of fused-ring (bicyclic) bond motifs is 1. The topological polar surface area (TPSA) is 90.8 Å². The molecular weight excluding hydrogens is 401 g/mol. The Hall–Kier alpha value is -3.72. The van der Waals surface area contributed by atoms with E-state index in [2.05, 4.69) is 15.3 Å². The molecule has 0 fully saturated rings. The number of ether oxygens (including phenoxy) is 1. The van der Waals surface area contributed by atoms with Crippen molar-refractivity contribution in [3.8, 4) is 5.75 Å². The van der Waals surface area contributed by atoms with Gasteiger partial charge in [0.15, 0.2) is 5.82 Å². The van der Waals surface area contributed by atoms with Crippen molar-refractivity contribution >= 4 is 29.2 Å². The van der Waals surface area contributed by atoms with Gasteiger partial charge in [0.2, 0.25) is 5.95 Å². The summed E-state index contributed by atoms with van der Waals surface area (Å²) < 4.78 is 19.7. The summed E-state index contributed by atoms with van der Waals surface area (Å²) in [4.78, 5) is 24.9. The van der Waals surface area contributed by atoms with Crippen molar-refractivity contribution in [1.82, 2.24) is 9.97 Å². The normalized spacial score (nSPS) is 14.3. The van der Waals surface area contributed by atoms with Crippen LogP contribution in [0.15, 0.2) is 54.7 Å². The van der Waals surface area contributed by atoms with Crippen LogP contribution in [0.5, 0.6) is 5.75 Å². The van der Waals surface area contributed by atoms with Crippen LogP contribution < -0.4 is 19.9 Å². The molecule has 9 heteroatoms. The van der Waals surface area contributed by atoms with Crippen LogP contribution >= 0.6 is 0 Å². The summed E-state index contributed by atoms with van der Waals surface area (Å²) in [5, 5.41) is 12.9. The number of amides is 2. The van der Waals surface area contributed by atoms with Crippen LogP contribution in [0.1, 0.15) is 12.5 Å². The van der Waals surface area contributed by atoms with Crippen LogP contribution in [0.25, 0.3) is 0 Å². The Morgan fingerprint density at radius 2 is 2.03 bits per heavy atom. The lowest BCUT2D eigenvalue weighted by atomic mass is 10.1. The molecule has 4 rings (SSSR count). The highest BCUT2D eigenvalue weighted by molar-refractivity contribution is 6.06. The summed E-state index contributed by atoms with van der Waals surface area (Å²) in [6.45, 7) is 1.51. The number of aromatic nitrogens is 2. The quantitative estimate of drug-likeness (QED) is 0.628. The highest BCUT2D eigenvalue weighted by Gasteiger charge is 2.36. The van der Waals surface area contributed by atoms with E-state index in [9.17, 15) is 14.3 Å². The van der Waals surface area contributed by atoms with E-state index in [1.165, 1.54) is 29.0 Å². The number of aliphatic hydroxyl groups excluding tert-OH is 1. The van der Waals surface area contributed by atoms with Gasteiger partial charge in [-0.3, -0.25) is 9.80 Å². The summed E-state index contributed by atoms with van der Waals surface area (Å²) >= 11 is 0. The number of urea groups is 1. The van der Waals surface area contributed by atoms with E-state index in [-0.39, 0.29) is 18.8 Å². The molecule has 160 valence electrons. The van der Waals surface area contributed by atoms with Crippen LogP contribution in [-0.4, -0.2) is 40.9 Å². The molecular formula is C22H22FN5O3. The molecule has 1 atom stereocenters. The Bertz CT molecular complexity index is 1100. The van der Waals surface area contributed by atoms with Gasteiger partial charge < -0.3 is 15.2 Å². The third-order valence-electron chi connectivity index (χ3n) is 5.02. The van der Waals surface area contributed by atoms with Crippen molar-refractivity contribution in [3.63, 3.8) is 0 Å². The number of nitrogens with one attached hydrogen (secondary N) is 1.